The predicted molar refractivity (Wildman–Crippen MR) is 51.5 cm³/mol. The zero-order valence-electron chi connectivity index (χ0n) is 8.04. The fourth-order valence-electron chi connectivity index (χ4n) is 0.604. The van der Waals surface area contributed by atoms with Crippen molar-refractivity contribution in [3.8, 4) is 0 Å². The monoisotopic (exact) mass is 147 g/mol. The van der Waals surface area contributed by atoms with Gasteiger partial charge in [0.1, 0.15) is 0 Å². The van der Waals surface area contributed by atoms with Gasteiger partial charge in [0, 0.05) is 1.43 Å². The second-order valence-corrected chi connectivity index (χ2v) is 2.10. The minimum Gasteiger partial charge on any atom is -0.317 e. The van der Waals surface area contributed by atoms with Crippen molar-refractivity contribution in [3.63, 3.8) is 0 Å². The Kier molecular flexibility index (Phi) is 20.2. The summed E-state index contributed by atoms with van der Waals surface area (Å²) in [6.07, 6.45) is 3.88. The summed E-state index contributed by atoms with van der Waals surface area (Å²) in [5, 5.41) is 3.34. The third-order valence-electron chi connectivity index (χ3n) is 1.13. The molecule has 0 atom stereocenters. The molecule has 0 spiro atoms. The summed E-state index contributed by atoms with van der Waals surface area (Å²) in [6, 6.07) is 0. The van der Waals surface area contributed by atoms with Gasteiger partial charge < -0.3 is 5.32 Å². The van der Waals surface area contributed by atoms with Crippen LogP contribution in [0.1, 0.15) is 48.4 Å². The van der Waals surface area contributed by atoms with Crippen LogP contribution in [-0.2, 0) is 0 Å². The number of hydrogen-bond donors (Lipinski definition) is 1. The van der Waals surface area contributed by atoms with Gasteiger partial charge in [0.2, 0.25) is 0 Å². The van der Waals surface area contributed by atoms with Crippen molar-refractivity contribution < 1.29 is 1.43 Å². The summed E-state index contributed by atoms with van der Waals surface area (Å²) < 4.78 is 0. The maximum atomic E-state index is 3.34. The first-order valence-corrected chi connectivity index (χ1v) is 4.62. The summed E-state index contributed by atoms with van der Waals surface area (Å²) >= 11 is 0. The third-order valence-corrected chi connectivity index (χ3v) is 1.13. The molecule has 1 nitrogen and oxygen atoms in total. The number of hydrogen-bond acceptors (Lipinski definition) is 1. The van der Waals surface area contributed by atoms with Crippen LogP contribution >= 0.6 is 0 Å². The Morgan fingerprint density at radius 1 is 1.00 bits per heavy atom. The molecule has 1 N–H and O–H groups in total. The van der Waals surface area contributed by atoms with Gasteiger partial charge in [-0.3, -0.25) is 0 Å². The smallest absolute Gasteiger partial charge is 0 e. The van der Waals surface area contributed by atoms with E-state index in [2.05, 4.69) is 19.2 Å². The summed E-state index contributed by atoms with van der Waals surface area (Å²) in [5.41, 5.74) is 0. The van der Waals surface area contributed by atoms with E-state index in [1.807, 2.05) is 13.8 Å². The Bertz CT molecular complexity index is 34.5. The summed E-state index contributed by atoms with van der Waals surface area (Å²) in [4.78, 5) is 0. The molecule has 0 aromatic rings. The molecule has 0 bridgehead atoms. The van der Waals surface area contributed by atoms with E-state index in [0.29, 0.717) is 0 Å². The van der Waals surface area contributed by atoms with Crippen molar-refractivity contribution in [3.05, 3.63) is 0 Å². The lowest BCUT2D eigenvalue weighted by molar-refractivity contribution is 0.633. The minimum absolute atomic E-state index is 0. The van der Waals surface area contributed by atoms with Crippen LogP contribution < -0.4 is 5.32 Å². The van der Waals surface area contributed by atoms with Gasteiger partial charge in [0.05, 0.1) is 0 Å². The Morgan fingerprint density at radius 3 is 2.00 bits per heavy atom. The van der Waals surface area contributed by atoms with Crippen LogP contribution in [0.3, 0.4) is 0 Å². The highest BCUT2D eigenvalue weighted by molar-refractivity contribution is 4.43. The van der Waals surface area contributed by atoms with E-state index in [9.17, 15) is 0 Å². The van der Waals surface area contributed by atoms with Crippen molar-refractivity contribution in [2.24, 2.45) is 0 Å². The zero-order chi connectivity index (χ0) is 8.24. The van der Waals surface area contributed by atoms with Crippen LogP contribution in [0, 0.1) is 0 Å². The van der Waals surface area contributed by atoms with Gasteiger partial charge in [0.25, 0.3) is 0 Å². The van der Waals surface area contributed by atoms with Crippen LogP contribution in [0.15, 0.2) is 0 Å². The van der Waals surface area contributed by atoms with Gasteiger partial charge in [0.15, 0.2) is 0 Å². The van der Waals surface area contributed by atoms with Crippen LogP contribution in [0.4, 0.5) is 0 Å². The van der Waals surface area contributed by atoms with E-state index in [-0.39, 0.29) is 1.43 Å². The van der Waals surface area contributed by atoms with E-state index in [1.165, 1.54) is 32.4 Å². The van der Waals surface area contributed by atoms with Crippen molar-refractivity contribution >= 4 is 0 Å². The molecule has 0 saturated carbocycles. The van der Waals surface area contributed by atoms with Crippen LogP contribution in [0.25, 0.3) is 0 Å². The average Bonchev–Trinajstić information content (AvgIpc) is 2.02. The summed E-state index contributed by atoms with van der Waals surface area (Å²) in [7, 11) is 0. The highest BCUT2D eigenvalue weighted by Gasteiger charge is 1.80. The van der Waals surface area contributed by atoms with Crippen molar-refractivity contribution in [1.29, 1.82) is 0 Å². The molecule has 0 saturated heterocycles. The fourth-order valence-corrected chi connectivity index (χ4v) is 0.604. The molecule has 0 aromatic carbocycles. The standard InChI is InChI=1S/C7H17N.C2H6.H2/c1-3-5-7-8-6-4-2;1-2;/h8H,3-7H2,1-2H3;1-2H3;1H. The highest BCUT2D eigenvalue weighted by atomic mass is 14.8. The Labute approximate surface area is 67.7 Å². The predicted octanol–water partition coefficient (Wildman–Crippen LogP) is 3.06. The van der Waals surface area contributed by atoms with Crippen molar-refractivity contribution in [2.45, 2.75) is 47.0 Å². The quantitative estimate of drug-likeness (QED) is 0.589. The van der Waals surface area contributed by atoms with Crippen molar-refractivity contribution in [2.75, 3.05) is 13.1 Å². The van der Waals surface area contributed by atoms with E-state index in [0.717, 1.165) is 0 Å². The van der Waals surface area contributed by atoms with Gasteiger partial charge in [-0.15, -0.1) is 0 Å². The van der Waals surface area contributed by atoms with E-state index in [1.54, 1.807) is 0 Å². The largest absolute Gasteiger partial charge is 0.317 e. The van der Waals surface area contributed by atoms with E-state index in [4.69, 9.17) is 0 Å². The zero-order valence-corrected chi connectivity index (χ0v) is 8.04. The van der Waals surface area contributed by atoms with E-state index < -0.39 is 0 Å². The Morgan fingerprint density at radius 2 is 1.60 bits per heavy atom. The molecule has 0 fully saturated rings. The molecule has 0 rings (SSSR count). The summed E-state index contributed by atoms with van der Waals surface area (Å²) in [6.45, 7) is 10.8. The molecule has 0 unspecified atom stereocenters. The van der Waals surface area contributed by atoms with E-state index >= 15 is 0 Å². The number of unbranched alkanes of at least 4 members (excludes halogenated alkanes) is 1. The molecule has 66 valence electrons. The molecule has 0 aromatic heterocycles. The molecule has 0 aliphatic heterocycles. The second kappa shape index (κ2) is 16.0. The lowest BCUT2D eigenvalue weighted by Gasteiger charge is -1.98. The van der Waals surface area contributed by atoms with Crippen molar-refractivity contribution in [1.82, 2.24) is 5.32 Å². The normalized spacial score (nSPS) is 8.40. The molecule has 0 aliphatic carbocycles. The first kappa shape index (κ1) is 12.6. The maximum absolute atomic E-state index is 3.34. The molecule has 0 amide bonds. The lowest BCUT2D eigenvalue weighted by atomic mass is 10.3. The van der Waals surface area contributed by atoms with Crippen LogP contribution in [0.2, 0.25) is 0 Å². The first-order chi connectivity index (χ1) is 4.91. The topological polar surface area (TPSA) is 12.0 Å². The Hall–Kier alpha value is -0.0400. The average molecular weight is 147 g/mol. The third kappa shape index (κ3) is 15.7. The van der Waals surface area contributed by atoms with Gasteiger partial charge >= 0.3 is 0 Å². The number of nitrogens with one attached hydrogen (secondary N) is 1. The fraction of sp³-hybridized carbons (Fsp3) is 1.00. The molecule has 10 heavy (non-hydrogen) atoms. The summed E-state index contributed by atoms with van der Waals surface area (Å²) in [5.74, 6) is 0. The molecule has 1 heteroatoms. The molecule has 0 aliphatic rings. The van der Waals surface area contributed by atoms with Crippen LogP contribution in [0.5, 0.6) is 0 Å². The lowest BCUT2D eigenvalue weighted by Crippen LogP contribution is -2.15. The Balaban J connectivity index is -0.000000196. The number of rotatable bonds is 5. The van der Waals surface area contributed by atoms with Gasteiger partial charge in [-0.05, 0) is 25.9 Å². The minimum atomic E-state index is 0. The SMILES string of the molecule is CC.CCCCNCCC.[HH]. The second-order valence-electron chi connectivity index (χ2n) is 2.10. The first-order valence-electron chi connectivity index (χ1n) is 4.62. The van der Waals surface area contributed by atoms with Gasteiger partial charge in [-0.25, -0.2) is 0 Å². The molecule has 0 radical (unpaired) electrons. The molecular weight excluding hydrogens is 122 g/mol. The highest BCUT2D eigenvalue weighted by Crippen LogP contribution is 1.81. The van der Waals surface area contributed by atoms with Gasteiger partial charge in [-0.1, -0.05) is 34.1 Å². The van der Waals surface area contributed by atoms with Gasteiger partial charge in [-0.2, -0.15) is 0 Å². The van der Waals surface area contributed by atoms with Crippen LogP contribution in [-0.4, -0.2) is 13.1 Å². The molecular formula is C9H25N. The molecule has 0 heterocycles. The maximum Gasteiger partial charge on any atom is 0 e.